The lowest BCUT2D eigenvalue weighted by Crippen LogP contribution is -2.47. The molecule has 0 bridgehead atoms. The largest absolute Gasteiger partial charge is 0.459 e. The van der Waals surface area contributed by atoms with Gasteiger partial charge in [-0.2, -0.15) is 9.97 Å². The smallest absolute Gasteiger partial charge is 0.232 e. The number of furan rings is 1. The van der Waals surface area contributed by atoms with E-state index in [0.29, 0.717) is 23.5 Å². The summed E-state index contributed by atoms with van der Waals surface area (Å²) in [6.07, 6.45) is 2.43. The van der Waals surface area contributed by atoms with E-state index in [9.17, 15) is 0 Å². The Kier molecular flexibility index (Phi) is 8.32. The number of nitrogens with zero attached hydrogens (tertiary/aromatic N) is 5. The van der Waals surface area contributed by atoms with E-state index in [1.807, 2.05) is 42.5 Å². The molecule has 2 saturated heterocycles. The zero-order valence-electron chi connectivity index (χ0n) is 23.5. The van der Waals surface area contributed by atoms with Gasteiger partial charge in [0, 0.05) is 56.6 Å². The van der Waals surface area contributed by atoms with Crippen molar-refractivity contribution >= 4 is 40.6 Å². The summed E-state index contributed by atoms with van der Waals surface area (Å²) in [6.45, 7) is 8.47. The second-order valence-electron chi connectivity index (χ2n) is 10.9. The Morgan fingerprint density at radius 2 is 1.54 bits per heavy atom. The number of piperidine rings is 1. The van der Waals surface area contributed by atoms with Crippen molar-refractivity contribution in [3.05, 3.63) is 84.6 Å². The number of hydrogen-bond donors (Lipinski definition) is 2. The molecule has 2 aliphatic heterocycles. The van der Waals surface area contributed by atoms with E-state index in [0.717, 1.165) is 68.0 Å². The fourth-order valence-electron chi connectivity index (χ4n) is 5.58. The monoisotopic (exact) mass is 567 g/mol. The van der Waals surface area contributed by atoms with Crippen LogP contribution in [0.3, 0.4) is 0 Å². The Morgan fingerprint density at radius 1 is 0.854 bits per heavy atom. The second-order valence-corrected chi connectivity index (χ2v) is 11.3. The predicted octanol–water partition coefficient (Wildman–Crippen LogP) is 5.79. The van der Waals surface area contributed by atoms with Crippen molar-refractivity contribution in [2.75, 3.05) is 59.3 Å². The fourth-order valence-corrected chi connectivity index (χ4v) is 5.74. The summed E-state index contributed by atoms with van der Waals surface area (Å²) in [5.74, 6) is 4.70. The zero-order chi connectivity index (χ0) is 28.0. The molecule has 6 rings (SSSR count). The molecule has 0 saturated carbocycles. The van der Waals surface area contributed by atoms with Gasteiger partial charge in [0.25, 0.3) is 0 Å². The van der Waals surface area contributed by atoms with Gasteiger partial charge < -0.3 is 29.8 Å². The minimum Gasteiger partial charge on any atom is -0.459 e. The molecule has 0 unspecified atom stereocenters. The van der Waals surface area contributed by atoms with Crippen LogP contribution in [0.2, 0.25) is 0 Å². The van der Waals surface area contributed by atoms with Crippen LogP contribution in [0.15, 0.2) is 83.3 Å². The van der Waals surface area contributed by atoms with Crippen molar-refractivity contribution < 1.29 is 4.42 Å². The molecule has 4 heterocycles. The van der Waals surface area contributed by atoms with Crippen molar-refractivity contribution in [3.63, 3.8) is 0 Å². The van der Waals surface area contributed by atoms with Crippen LogP contribution < -0.4 is 25.3 Å². The minimum atomic E-state index is 0.465. The fraction of sp³-hybridized carbons (Fsp3) is 0.344. The molecule has 2 N–H and O–H groups in total. The number of piperazine rings is 1. The molecule has 2 fully saturated rings. The molecule has 41 heavy (non-hydrogen) atoms. The molecular weight excluding hydrogens is 530 g/mol. The summed E-state index contributed by atoms with van der Waals surface area (Å²) in [4.78, 5) is 17.0. The van der Waals surface area contributed by atoms with Crippen molar-refractivity contribution in [2.45, 2.75) is 26.3 Å². The molecule has 0 radical (unpaired) electrons. The number of para-hydroxylation sites is 1. The van der Waals surface area contributed by atoms with E-state index in [-0.39, 0.29) is 0 Å². The van der Waals surface area contributed by atoms with Crippen LogP contribution in [0, 0.1) is 5.92 Å². The molecular formula is C32H37N7OS. The van der Waals surface area contributed by atoms with E-state index in [1.165, 1.54) is 18.5 Å². The van der Waals surface area contributed by atoms with Gasteiger partial charge in [0.05, 0.1) is 6.54 Å². The van der Waals surface area contributed by atoms with Gasteiger partial charge in [-0.25, -0.2) is 0 Å². The standard InChI is InChI=1S/C32H37N7OS/c1-24-9-8-16-39(23-24)30-21-29(38-19-17-37(18-20-38)26-12-6-3-7-13-26)34-31(35-30)36-32(41)33-22-27-14-15-28(40-27)25-10-4-2-5-11-25/h2-7,10-15,21,24H,8-9,16-20,22-23H2,1H3,(H2,33,34,35,36,41)/t24-/m0/s1. The van der Waals surface area contributed by atoms with Gasteiger partial charge in [-0.1, -0.05) is 55.5 Å². The Morgan fingerprint density at radius 3 is 2.27 bits per heavy atom. The molecule has 2 aromatic carbocycles. The SMILES string of the molecule is C[C@H]1CCCN(c2cc(N3CCN(c4ccccc4)CC3)nc(NC(=S)NCc3ccc(-c4ccccc4)o3)n2)C1. The number of rotatable bonds is 7. The quantitative estimate of drug-likeness (QED) is 0.270. The summed E-state index contributed by atoms with van der Waals surface area (Å²) < 4.78 is 6.02. The molecule has 0 aliphatic carbocycles. The third-order valence-corrected chi connectivity index (χ3v) is 8.02. The van der Waals surface area contributed by atoms with E-state index in [4.69, 9.17) is 26.6 Å². The van der Waals surface area contributed by atoms with Gasteiger partial charge in [0.1, 0.15) is 23.2 Å². The second kappa shape index (κ2) is 12.6. The summed E-state index contributed by atoms with van der Waals surface area (Å²) >= 11 is 5.65. The van der Waals surface area contributed by atoms with Gasteiger partial charge in [0.15, 0.2) is 5.11 Å². The molecule has 2 aliphatic rings. The van der Waals surface area contributed by atoms with Crippen LogP contribution in [-0.2, 0) is 6.54 Å². The highest BCUT2D eigenvalue weighted by Gasteiger charge is 2.23. The van der Waals surface area contributed by atoms with Gasteiger partial charge in [-0.3, -0.25) is 0 Å². The van der Waals surface area contributed by atoms with Crippen LogP contribution in [0.5, 0.6) is 0 Å². The number of anilines is 4. The number of thiocarbonyl (C=S) groups is 1. The van der Waals surface area contributed by atoms with Crippen molar-refractivity contribution in [1.82, 2.24) is 15.3 Å². The lowest BCUT2D eigenvalue weighted by Gasteiger charge is -2.37. The molecule has 1 atom stereocenters. The normalized spacial score (nSPS) is 17.4. The highest BCUT2D eigenvalue weighted by molar-refractivity contribution is 7.80. The third-order valence-electron chi connectivity index (χ3n) is 7.77. The summed E-state index contributed by atoms with van der Waals surface area (Å²) in [5, 5.41) is 6.97. The molecule has 8 nitrogen and oxygen atoms in total. The first kappa shape index (κ1) is 27.1. The van der Waals surface area contributed by atoms with Gasteiger partial charge in [-0.05, 0) is 55.2 Å². The lowest BCUT2D eigenvalue weighted by molar-refractivity contribution is 0.444. The Bertz CT molecular complexity index is 1440. The zero-order valence-corrected chi connectivity index (χ0v) is 24.3. The number of hydrogen-bond acceptors (Lipinski definition) is 7. The predicted molar refractivity (Wildman–Crippen MR) is 171 cm³/mol. The van der Waals surface area contributed by atoms with Crippen LogP contribution in [0.4, 0.5) is 23.3 Å². The molecule has 9 heteroatoms. The summed E-state index contributed by atoms with van der Waals surface area (Å²) in [5.41, 5.74) is 2.32. The van der Waals surface area contributed by atoms with Gasteiger partial charge >= 0.3 is 0 Å². The first-order valence-corrected chi connectivity index (χ1v) is 14.9. The maximum atomic E-state index is 6.02. The average Bonchev–Trinajstić information content (AvgIpc) is 3.50. The van der Waals surface area contributed by atoms with Gasteiger partial charge in [-0.15, -0.1) is 0 Å². The van der Waals surface area contributed by atoms with Gasteiger partial charge in [0.2, 0.25) is 5.95 Å². The van der Waals surface area contributed by atoms with Crippen molar-refractivity contribution in [3.8, 4) is 11.3 Å². The minimum absolute atomic E-state index is 0.465. The van der Waals surface area contributed by atoms with Crippen LogP contribution in [-0.4, -0.2) is 54.3 Å². The van der Waals surface area contributed by atoms with E-state index < -0.39 is 0 Å². The highest BCUT2D eigenvalue weighted by Crippen LogP contribution is 2.27. The van der Waals surface area contributed by atoms with Crippen LogP contribution >= 0.6 is 12.2 Å². The van der Waals surface area contributed by atoms with E-state index >= 15 is 0 Å². The molecule has 0 amide bonds. The van der Waals surface area contributed by atoms with Crippen molar-refractivity contribution in [2.24, 2.45) is 5.92 Å². The maximum absolute atomic E-state index is 6.02. The third kappa shape index (κ3) is 6.79. The number of benzene rings is 2. The van der Waals surface area contributed by atoms with Crippen LogP contribution in [0.25, 0.3) is 11.3 Å². The number of nitrogens with one attached hydrogen (secondary N) is 2. The van der Waals surface area contributed by atoms with Crippen LogP contribution in [0.1, 0.15) is 25.5 Å². The topological polar surface area (TPSA) is 72.7 Å². The van der Waals surface area contributed by atoms with E-state index in [1.54, 1.807) is 0 Å². The van der Waals surface area contributed by atoms with E-state index in [2.05, 4.69) is 68.7 Å². The van der Waals surface area contributed by atoms with Crippen molar-refractivity contribution in [1.29, 1.82) is 0 Å². The summed E-state index contributed by atoms with van der Waals surface area (Å²) in [7, 11) is 0. The Balaban J connectivity index is 1.14. The average molecular weight is 568 g/mol. The Hall–Kier alpha value is -4.11. The summed E-state index contributed by atoms with van der Waals surface area (Å²) in [6, 6.07) is 26.8. The first-order chi connectivity index (χ1) is 20.1. The lowest BCUT2D eigenvalue weighted by atomic mass is 10.0. The molecule has 4 aromatic rings. The molecule has 0 spiro atoms. The molecule has 2 aromatic heterocycles. The Labute approximate surface area is 247 Å². The number of aromatic nitrogens is 2. The highest BCUT2D eigenvalue weighted by atomic mass is 32.1. The first-order valence-electron chi connectivity index (χ1n) is 14.5. The molecule has 212 valence electrons. The maximum Gasteiger partial charge on any atom is 0.232 e.